The summed E-state index contributed by atoms with van der Waals surface area (Å²) in [5.41, 5.74) is 1.19. The van der Waals surface area contributed by atoms with Gasteiger partial charge in [-0.05, 0) is 44.4 Å². The number of rotatable bonds is 4. The van der Waals surface area contributed by atoms with Gasteiger partial charge in [-0.15, -0.1) is 11.3 Å². The van der Waals surface area contributed by atoms with Crippen LogP contribution in [-0.2, 0) is 21.5 Å². The van der Waals surface area contributed by atoms with Crippen LogP contribution in [0.15, 0.2) is 24.3 Å². The Morgan fingerprint density at radius 1 is 1.29 bits per heavy atom. The highest BCUT2D eigenvalue weighted by atomic mass is 32.1. The average molecular weight is 348 g/mol. The fourth-order valence-corrected chi connectivity index (χ4v) is 3.95. The van der Waals surface area contributed by atoms with Crippen molar-refractivity contribution in [3.63, 3.8) is 0 Å². The van der Waals surface area contributed by atoms with E-state index in [1.54, 1.807) is 23.5 Å². The predicted molar refractivity (Wildman–Crippen MR) is 91.6 cm³/mol. The van der Waals surface area contributed by atoms with Crippen LogP contribution in [0.2, 0.25) is 0 Å². The molecule has 6 heteroatoms. The Bertz CT molecular complexity index is 702. The van der Waals surface area contributed by atoms with Crippen LogP contribution in [-0.4, -0.2) is 24.1 Å². The van der Waals surface area contributed by atoms with E-state index >= 15 is 0 Å². The van der Waals surface area contributed by atoms with Gasteiger partial charge in [0, 0.05) is 18.1 Å². The van der Waals surface area contributed by atoms with Gasteiger partial charge in [0.15, 0.2) is 0 Å². The number of carbonyl (C=O) groups is 1. The quantitative estimate of drug-likeness (QED) is 0.923. The highest BCUT2D eigenvalue weighted by molar-refractivity contribution is 7.11. The van der Waals surface area contributed by atoms with Crippen molar-refractivity contribution in [1.82, 2.24) is 10.3 Å². The number of thiazole rings is 1. The van der Waals surface area contributed by atoms with Crippen molar-refractivity contribution in [3.8, 4) is 0 Å². The summed E-state index contributed by atoms with van der Waals surface area (Å²) in [6, 6.07) is 6.23. The van der Waals surface area contributed by atoms with Crippen molar-refractivity contribution in [1.29, 1.82) is 0 Å². The van der Waals surface area contributed by atoms with E-state index in [0.29, 0.717) is 32.6 Å². The summed E-state index contributed by atoms with van der Waals surface area (Å²) < 4.78 is 18.7. The van der Waals surface area contributed by atoms with Gasteiger partial charge in [0.05, 0.1) is 17.7 Å². The van der Waals surface area contributed by atoms with E-state index in [0.717, 1.165) is 16.3 Å². The lowest BCUT2D eigenvalue weighted by atomic mass is 9.73. The number of ether oxygens (including phenoxy) is 1. The molecule has 4 nitrogen and oxygen atoms in total. The number of halogens is 1. The van der Waals surface area contributed by atoms with Crippen molar-refractivity contribution < 1.29 is 13.9 Å². The highest BCUT2D eigenvalue weighted by Crippen LogP contribution is 2.35. The van der Waals surface area contributed by atoms with Gasteiger partial charge >= 0.3 is 0 Å². The van der Waals surface area contributed by atoms with Crippen LogP contribution < -0.4 is 5.32 Å². The molecule has 24 heavy (non-hydrogen) atoms. The third-order valence-corrected chi connectivity index (χ3v) is 5.72. The van der Waals surface area contributed by atoms with Gasteiger partial charge in [0.2, 0.25) is 5.91 Å². The van der Waals surface area contributed by atoms with Gasteiger partial charge in [0.25, 0.3) is 0 Å². The summed E-state index contributed by atoms with van der Waals surface area (Å²) in [6.45, 7) is 5.47. The van der Waals surface area contributed by atoms with E-state index in [9.17, 15) is 9.18 Å². The van der Waals surface area contributed by atoms with Gasteiger partial charge in [0.1, 0.15) is 10.8 Å². The third kappa shape index (κ3) is 3.35. The van der Waals surface area contributed by atoms with Crippen LogP contribution >= 0.6 is 11.3 Å². The van der Waals surface area contributed by atoms with Gasteiger partial charge in [-0.2, -0.15) is 0 Å². The van der Waals surface area contributed by atoms with Gasteiger partial charge in [-0.1, -0.05) is 12.1 Å². The summed E-state index contributed by atoms with van der Waals surface area (Å²) >= 11 is 1.60. The summed E-state index contributed by atoms with van der Waals surface area (Å²) in [5, 5.41) is 3.93. The van der Waals surface area contributed by atoms with Crippen LogP contribution in [0.4, 0.5) is 4.39 Å². The van der Waals surface area contributed by atoms with Crippen molar-refractivity contribution in [3.05, 3.63) is 51.2 Å². The number of hydrogen-bond donors (Lipinski definition) is 1. The fraction of sp³-hybridized carbons (Fsp3) is 0.444. The molecule has 1 aliphatic rings. The topological polar surface area (TPSA) is 51.2 Å². The van der Waals surface area contributed by atoms with E-state index in [2.05, 4.69) is 10.3 Å². The molecule has 0 bridgehead atoms. The molecule has 3 rings (SSSR count). The SMILES string of the molecule is Cc1nc(CNC(=O)C2(c3ccc(F)cc3)CCOCC2)sc1C. The zero-order valence-corrected chi connectivity index (χ0v) is 14.7. The Morgan fingerprint density at radius 2 is 1.96 bits per heavy atom. The van der Waals surface area contributed by atoms with Gasteiger partial charge in [-0.25, -0.2) is 9.37 Å². The summed E-state index contributed by atoms with van der Waals surface area (Å²) in [7, 11) is 0. The van der Waals surface area contributed by atoms with E-state index in [4.69, 9.17) is 4.74 Å². The smallest absolute Gasteiger partial charge is 0.231 e. The normalized spacial score (nSPS) is 16.8. The maximum atomic E-state index is 13.3. The summed E-state index contributed by atoms with van der Waals surface area (Å²) in [5.74, 6) is -0.335. The molecule has 1 N–H and O–H groups in total. The molecule has 1 aliphatic heterocycles. The van der Waals surface area contributed by atoms with E-state index in [1.165, 1.54) is 17.0 Å². The molecular formula is C18H21FN2O2S. The maximum Gasteiger partial charge on any atom is 0.231 e. The van der Waals surface area contributed by atoms with Gasteiger partial charge < -0.3 is 10.1 Å². The molecule has 0 spiro atoms. The molecule has 128 valence electrons. The molecule has 1 aromatic heterocycles. The first kappa shape index (κ1) is 17.0. The standard InChI is InChI=1S/C18H21FN2O2S/c1-12-13(2)24-16(21-12)11-20-17(22)18(7-9-23-10-8-18)14-3-5-15(19)6-4-14/h3-6H,7-11H2,1-2H3,(H,20,22). The van der Waals surface area contributed by atoms with Gasteiger partial charge in [-0.3, -0.25) is 4.79 Å². The maximum absolute atomic E-state index is 13.3. The second-order valence-corrected chi connectivity index (χ2v) is 7.42. The minimum Gasteiger partial charge on any atom is -0.381 e. The summed E-state index contributed by atoms with van der Waals surface area (Å²) in [4.78, 5) is 18.6. The zero-order chi connectivity index (χ0) is 17.2. The zero-order valence-electron chi connectivity index (χ0n) is 13.9. The van der Waals surface area contributed by atoms with Crippen LogP contribution in [0.5, 0.6) is 0 Å². The fourth-order valence-electron chi connectivity index (χ4n) is 3.08. The number of amides is 1. The molecule has 1 saturated heterocycles. The molecule has 1 aromatic carbocycles. The monoisotopic (exact) mass is 348 g/mol. The summed E-state index contributed by atoms with van der Waals surface area (Å²) in [6.07, 6.45) is 1.20. The van der Waals surface area contributed by atoms with E-state index < -0.39 is 5.41 Å². The molecule has 0 saturated carbocycles. The number of aromatic nitrogens is 1. The molecule has 0 aliphatic carbocycles. The number of hydrogen-bond acceptors (Lipinski definition) is 4. The van der Waals surface area contributed by atoms with E-state index in [-0.39, 0.29) is 11.7 Å². The van der Waals surface area contributed by atoms with Crippen molar-refractivity contribution in [2.75, 3.05) is 13.2 Å². The first-order chi connectivity index (χ1) is 11.5. The Kier molecular flexibility index (Phi) is 4.96. The number of carbonyl (C=O) groups excluding carboxylic acids is 1. The Labute approximate surface area is 145 Å². The van der Waals surface area contributed by atoms with Crippen LogP contribution in [0.25, 0.3) is 0 Å². The van der Waals surface area contributed by atoms with E-state index in [1.807, 2.05) is 13.8 Å². The molecule has 0 radical (unpaired) electrons. The molecule has 1 amide bonds. The first-order valence-corrected chi connectivity index (χ1v) is 8.88. The van der Waals surface area contributed by atoms with Crippen molar-refractivity contribution >= 4 is 17.2 Å². The largest absolute Gasteiger partial charge is 0.381 e. The molecular weight excluding hydrogens is 327 g/mol. The predicted octanol–water partition coefficient (Wildman–Crippen LogP) is 3.26. The Hall–Kier alpha value is -1.79. The van der Waals surface area contributed by atoms with Crippen LogP contribution in [0.3, 0.4) is 0 Å². The van der Waals surface area contributed by atoms with Crippen molar-refractivity contribution in [2.45, 2.75) is 38.6 Å². The van der Waals surface area contributed by atoms with Crippen LogP contribution in [0.1, 0.15) is 34.0 Å². The number of aryl methyl sites for hydroxylation is 2. The molecule has 0 atom stereocenters. The lowest BCUT2D eigenvalue weighted by Gasteiger charge is -2.36. The lowest BCUT2D eigenvalue weighted by Crippen LogP contribution is -2.47. The number of nitrogens with one attached hydrogen (secondary N) is 1. The minimum atomic E-state index is -0.659. The molecule has 2 aromatic rings. The molecule has 2 heterocycles. The minimum absolute atomic E-state index is 0.0390. The van der Waals surface area contributed by atoms with Crippen LogP contribution in [0, 0.1) is 19.7 Å². The van der Waals surface area contributed by atoms with Crippen molar-refractivity contribution in [2.24, 2.45) is 0 Å². The number of nitrogens with zero attached hydrogens (tertiary/aromatic N) is 1. The second-order valence-electron chi connectivity index (χ2n) is 6.13. The molecule has 0 unspecified atom stereocenters. The lowest BCUT2D eigenvalue weighted by molar-refractivity contribution is -0.130. The number of benzene rings is 1. The molecule has 1 fully saturated rings. The third-order valence-electron chi connectivity index (χ3n) is 4.65. The average Bonchev–Trinajstić information content (AvgIpc) is 2.92. The first-order valence-electron chi connectivity index (χ1n) is 8.06. The highest BCUT2D eigenvalue weighted by Gasteiger charge is 2.41. The Balaban J connectivity index is 1.80. The second kappa shape index (κ2) is 6.99. The Morgan fingerprint density at radius 3 is 2.54 bits per heavy atom.